The molecular weight excluding hydrogens is 186 g/mol. The van der Waals surface area contributed by atoms with Crippen molar-refractivity contribution in [2.24, 2.45) is 0 Å². The van der Waals surface area contributed by atoms with Crippen LogP contribution in [-0.4, -0.2) is 36.6 Å². The van der Waals surface area contributed by atoms with Crippen LogP contribution in [0.1, 0.15) is 38.5 Å². The molecule has 2 rings (SSSR count). The maximum absolute atomic E-state index is 8.52. The van der Waals surface area contributed by atoms with Crippen molar-refractivity contribution in [3.63, 3.8) is 0 Å². The fourth-order valence-electron chi connectivity index (χ4n) is 2.92. The number of nitrogens with one attached hydrogen (secondary N) is 1. The van der Waals surface area contributed by atoms with E-state index < -0.39 is 0 Å². The molecule has 0 aromatic heterocycles. The van der Waals surface area contributed by atoms with Gasteiger partial charge < -0.3 is 5.32 Å². The zero-order valence-corrected chi connectivity index (χ0v) is 9.41. The fourth-order valence-corrected chi connectivity index (χ4v) is 2.92. The third-order valence-electron chi connectivity index (χ3n) is 3.78. The molecule has 1 aliphatic carbocycles. The first-order valence-electron chi connectivity index (χ1n) is 6.24. The van der Waals surface area contributed by atoms with Gasteiger partial charge in [-0.15, -0.1) is 0 Å². The van der Waals surface area contributed by atoms with E-state index >= 15 is 0 Å². The molecule has 1 unspecified atom stereocenters. The molecule has 0 amide bonds. The number of hydrogen-bond acceptors (Lipinski definition) is 3. The highest BCUT2D eigenvalue weighted by Gasteiger charge is 2.28. The van der Waals surface area contributed by atoms with Gasteiger partial charge in [0.05, 0.1) is 12.6 Å². The minimum atomic E-state index is 0.503. The molecule has 1 saturated carbocycles. The van der Waals surface area contributed by atoms with E-state index in [0.717, 1.165) is 12.6 Å². The van der Waals surface area contributed by atoms with E-state index in [-0.39, 0.29) is 0 Å². The van der Waals surface area contributed by atoms with Gasteiger partial charge in [0.1, 0.15) is 0 Å². The molecule has 1 heterocycles. The summed E-state index contributed by atoms with van der Waals surface area (Å²) in [4.78, 5) is 2.63. The van der Waals surface area contributed by atoms with Gasteiger partial charge in [0.15, 0.2) is 0 Å². The van der Waals surface area contributed by atoms with Crippen molar-refractivity contribution in [1.29, 1.82) is 5.26 Å². The number of likely N-dealkylation sites (tertiary alicyclic amines) is 1. The second-order valence-corrected chi connectivity index (χ2v) is 4.81. The molecule has 0 bridgehead atoms. The molecule has 3 nitrogen and oxygen atoms in total. The Kier molecular flexibility index (Phi) is 3.99. The molecule has 15 heavy (non-hydrogen) atoms. The first-order valence-corrected chi connectivity index (χ1v) is 6.24. The molecule has 84 valence electrons. The van der Waals surface area contributed by atoms with Crippen LogP contribution >= 0.6 is 0 Å². The largest absolute Gasteiger partial charge is 0.300 e. The Morgan fingerprint density at radius 2 is 2.00 bits per heavy atom. The Balaban J connectivity index is 1.74. The van der Waals surface area contributed by atoms with Gasteiger partial charge in [-0.1, -0.05) is 19.3 Å². The average Bonchev–Trinajstić information content (AvgIpc) is 2.76. The highest BCUT2D eigenvalue weighted by atomic mass is 15.2. The van der Waals surface area contributed by atoms with E-state index in [1.807, 2.05) is 0 Å². The topological polar surface area (TPSA) is 39.1 Å². The Bertz CT molecular complexity index is 228. The fraction of sp³-hybridized carbons (Fsp3) is 0.917. The zero-order chi connectivity index (χ0) is 10.5. The van der Waals surface area contributed by atoms with Crippen LogP contribution in [0.3, 0.4) is 0 Å². The third kappa shape index (κ3) is 2.93. The lowest BCUT2D eigenvalue weighted by Gasteiger charge is -2.31. The summed E-state index contributed by atoms with van der Waals surface area (Å²) in [5.74, 6) is 0. The molecule has 2 fully saturated rings. The Labute approximate surface area is 92.4 Å². The third-order valence-corrected chi connectivity index (χ3v) is 3.78. The van der Waals surface area contributed by atoms with Crippen molar-refractivity contribution >= 4 is 0 Å². The standard InChI is InChI=1S/C12H21N3/c13-7-8-14-11-6-9-15(10-11)12-4-2-1-3-5-12/h11-12,14H,1-6,8-10H2. The summed E-state index contributed by atoms with van der Waals surface area (Å²) in [5, 5.41) is 11.8. The zero-order valence-electron chi connectivity index (χ0n) is 9.41. The van der Waals surface area contributed by atoms with Gasteiger partial charge in [-0.05, 0) is 19.3 Å². The highest BCUT2D eigenvalue weighted by Crippen LogP contribution is 2.25. The van der Waals surface area contributed by atoms with E-state index in [9.17, 15) is 0 Å². The predicted molar refractivity (Wildman–Crippen MR) is 60.5 cm³/mol. The average molecular weight is 207 g/mol. The van der Waals surface area contributed by atoms with Crippen molar-refractivity contribution in [1.82, 2.24) is 10.2 Å². The lowest BCUT2D eigenvalue weighted by atomic mass is 9.94. The van der Waals surface area contributed by atoms with E-state index in [1.54, 1.807) is 0 Å². The van der Waals surface area contributed by atoms with Crippen molar-refractivity contribution in [3.05, 3.63) is 0 Å². The van der Waals surface area contributed by atoms with E-state index in [1.165, 1.54) is 45.1 Å². The van der Waals surface area contributed by atoms with Gasteiger partial charge in [-0.2, -0.15) is 5.26 Å². The van der Waals surface area contributed by atoms with Crippen LogP contribution < -0.4 is 5.32 Å². The maximum Gasteiger partial charge on any atom is 0.0843 e. The van der Waals surface area contributed by atoms with Crippen LogP contribution in [0.4, 0.5) is 0 Å². The van der Waals surface area contributed by atoms with Crippen LogP contribution in [0.5, 0.6) is 0 Å². The van der Waals surface area contributed by atoms with Gasteiger partial charge >= 0.3 is 0 Å². The first kappa shape index (κ1) is 10.9. The molecule has 1 saturated heterocycles. The molecule has 0 aromatic carbocycles. The minimum absolute atomic E-state index is 0.503. The van der Waals surface area contributed by atoms with Crippen molar-refractivity contribution in [2.45, 2.75) is 50.6 Å². The second kappa shape index (κ2) is 5.48. The molecule has 1 aliphatic heterocycles. The lowest BCUT2D eigenvalue weighted by molar-refractivity contribution is 0.187. The molecule has 2 aliphatic rings. The van der Waals surface area contributed by atoms with Crippen LogP contribution in [0.25, 0.3) is 0 Å². The van der Waals surface area contributed by atoms with Crippen molar-refractivity contribution in [3.8, 4) is 6.07 Å². The monoisotopic (exact) mass is 207 g/mol. The molecular formula is C12H21N3. The minimum Gasteiger partial charge on any atom is -0.300 e. The summed E-state index contributed by atoms with van der Waals surface area (Å²) in [6.07, 6.45) is 8.27. The summed E-state index contributed by atoms with van der Waals surface area (Å²) >= 11 is 0. The molecule has 0 radical (unpaired) electrons. The van der Waals surface area contributed by atoms with E-state index in [2.05, 4.69) is 16.3 Å². The summed E-state index contributed by atoms with van der Waals surface area (Å²) in [5.41, 5.74) is 0. The molecule has 0 spiro atoms. The smallest absolute Gasteiger partial charge is 0.0843 e. The van der Waals surface area contributed by atoms with Crippen molar-refractivity contribution in [2.75, 3.05) is 19.6 Å². The van der Waals surface area contributed by atoms with Crippen LogP contribution in [-0.2, 0) is 0 Å². The predicted octanol–water partition coefficient (Wildman–Crippen LogP) is 1.51. The Morgan fingerprint density at radius 3 is 2.73 bits per heavy atom. The number of rotatable bonds is 3. The quantitative estimate of drug-likeness (QED) is 0.713. The summed E-state index contributed by atoms with van der Waals surface area (Å²) in [7, 11) is 0. The lowest BCUT2D eigenvalue weighted by Crippen LogP contribution is -2.38. The number of nitrogens with zero attached hydrogens (tertiary/aromatic N) is 2. The van der Waals surface area contributed by atoms with Crippen molar-refractivity contribution < 1.29 is 0 Å². The van der Waals surface area contributed by atoms with Gasteiger partial charge in [-0.25, -0.2) is 0 Å². The van der Waals surface area contributed by atoms with Gasteiger partial charge in [-0.3, -0.25) is 4.90 Å². The summed E-state index contributed by atoms with van der Waals surface area (Å²) in [6.45, 7) is 2.89. The molecule has 0 aromatic rings. The number of hydrogen-bond donors (Lipinski definition) is 1. The first-order chi connectivity index (χ1) is 7.40. The SMILES string of the molecule is N#CCNC1CCN(C2CCCCC2)C1. The summed E-state index contributed by atoms with van der Waals surface area (Å²) in [6, 6.07) is 3.56. The normalized spacial score (nSPS) is 29.1. The van der Waals surface area contributed by atoms with Gasteiger partial charge in [0.25, 0.3) is 0 Å². The molecule has 3 heteroatoms. The Morgan fingerprint density at radius 1 is 1.20 bits per heavy atom. The summed E-state index contributed by atoms with van der Waals surface area (Å²) < 4.78 is 0. The van der Waals surface area contributed by atoms with Crippen LogP contribution in [0, 0.1) is 11.3 Å². The molecule has 1 N–H and O–H groups in total. The van der Waals surface area contributed by atoms with E-state index in [0.29, 0.717) is 12.6 Å². The van der Waals surface area contributed by atoms with Gasteiger partial charge in [0.2, 0.25) is 0 Å². The highest BCUT2D eigenvalue weighted by molar-refractivity contribution is 4.88. The molecule has 1 atom stereocenters. The number of nitriles is 1. The Hall–Kier alpha value is -0.590. The second-order valence-electron chi connectivity index (χ2n) is 4.81. The van der Waals surface area contributed by atoms with E-state index in [4.69, 9.17) is 5.26 Å². The van der Waals surface area contributed by atoms with Gasteiger partial charge in [0, 0.05) is 25.2 Å². The maximum atomic E-state index is 8.52. The van der Waals surface area contributed by atoms with Crippen LogP contribution in [0.2, 0.25) is 0 Å². The van der Waals surface area contributed by atoms with Crippen LogP contribution in [0.15, 0.2) is 0 Å².